The molecule has 3 aromatic rings. The maximum atomic E-state index is 14.0. The Balaban J connectivity index is 1.99. The van der Waals surface area contributed by atoms with Crippen molar-refractivity contribution >= 4 is 84.5 Å². The molecule has 0 N–H and O–H groups in total. The molecule has 1 atom stereocenters. The molecule has 2 heterocycles. The van der Waals surface area contributed by atoms with Crippen LogP contribution in [0.2, 0.25) is 0 Å². The number of rotatable bonds is 8. The second kappa shape index (κ2) is 12.7. The van der Waals surface area contributed by atoms with Gasteiger partial charge in [-0.05, 0) is 107 Å². The van der Waals surface area contributed by atoms with Gasteiger partial charge >= 0.3 is 5.97 Å². The number of methoxy groups -OCH3 is 2. The number of ether oxygens (including phenoxy) is 4. The highest BCUT2D eigenvalue weighted by molar-refractivity contribution is 14.1. The molecular formula is C27H25BrI2N2O6S. The molecule has 0 spiro atoms. The lowest BCUT2D eigenvalue weighted by molar-refractivity contribution is -0.139. The van der Waals surface area contributed by atoms with E-state index in [0.717, 1.165) is 18.5 Å². The molecule has 0 saturated carbocycles. The van der Waals surface area contributed by atoms with Crippen LogP contribution >= 0.6 is 72.4 Å². The second-order valence-corrected chi connectivity index (χ2v) is 12.5. The van der Waals surface area contributed by atoms with Gasteiger partial charge in [0.15, 0.2) is 16.3 Å². The number of aromatic nitrogens is 1. The predicted octanol–water partition coefficient (Wildman–Crippen LogP) is 5.19. The molecule has 1 aromatic heterocycles. The van der Waals surface area contributed by atoms with E-state index in [1.807, 2.05) is 25.1 Å². The van der Waals surface area contributed by atoms with E-state index in [2.05, 4.69) is 66.1 Å². The van der Waals surface area contributed by atoms with E-state index in [4.69, 9.17) is 18.9 Å². The van der Waals surface area contributed by atoms with Gasteiger partial charge in [-0.15, -0.1) is 0 Å². The zero-order valence-corrected chi connectivity index (χ0v) is 28.5. The molecule has 0 amide bonds. The van der Waals surface area contributed by atoms with Crippen molar-refractivity contribution in [1.82, 2.24) is 4.57 Å². The Morgan fingerprint density at radius 1 is 1.10 bits per heavy atom. The zero-order valence-electron chi connectivity index (χ0n) is 21.8. The Morgan fingerprint density at radius 2 is 1.79 bits per heavy atom. The quantitative estimate of drug-likeness (QED) is 0.230. The first-order valence-electron chi connectivity index (χ1n) is 11.9. The van der Waals surface area contributed by atoms with Crippen molar-refractivity contribution < 1.29 is 23.7 Å². The molecule has 0 radical (unpaired) electrons. The van der Waals surface area contributed by atoms with Crippen molar-refractivity contribution in [3.63, 3.8) is 0 Å². The van der Waals surface area contributed by atoms with E-state index >= 15 is 0 Å². The Hall–Kier alpha value is -1.91. The molecule has 1 aliphatic heterocycles. The average molecular weight is 839 g/mol. The molecule has 0 fully saturated rings. The summed E-state index contributed by atoms with van der Waals surface area (Å²) in [4.78, 5) is 32.4. The average Bonchev–Trinajstić information content (AvgIpc) is 3.18. The van der Waals surface area contributed by atoms with Crippen molar-refractivity contribution in [1.29, 1.82) is 0 Å². The highest BCUT2D eigenvalue weighted by Crippen LogP contribution is 2.41. The number of benzene rings is 2. The van der Waals surface area contributed by atoms with Crippen LogP contribution in [0.25, 0.3) is 6.08 Å². The monoisotopic (exact) mass is 838 g/mol. The number of nitrogens with zero attached hydrogens (tertiary/aromatic N) is 2. The summed E-state index contributed by atoms with van der Waals surface area (Å²) in [6.07, 6.45) is 1.84. The van der Waals surface area contributed by atoms with Gasteiger partial charge in [-0.3, -0.25) is 9.36 Å². The number of thiazole rings is 1. The van der Waals surface area contributed by atoms with Gasteiger partial charge in [-0.25, -0.2) is 9.79 Å². The smallest absolute Gasteiger partial charge is 0.338 e. The van der Waals surface area contributed by atoms with E-state index in [1.165, 1.54) is 11.3 Å². The second-order valence-electron chi connectivity index (χ2n) is 8.28. The molecule has 2 aromatic carbocycles. The Labute approximate surface area is 265 Å². The highest BCUT2D eigenvalue weighted by atomic mass is 127. The third-order valence-corrected chi connectivity index (χ3v) is 9.19. The maximum absolute atomic E-state index is 14.0. The summed E-state index contributed by atoms with van der Waals surface area (Å²) in [5.74, 6) is 1.29. The van der Waals surface area contributed by atoms with Crippen molar-refractivity contribution in [2.75, 3.05) is 27.4 Å². The number of hydrogen-bond acceptors (Lipinski definition) is 8. The molecule has 0 bridgehead atoms. The minimum absolute atomic E-state index is 0.190. The van der Waals surface area contributed by atoms with Crippen molar-refractivity contribution in [2.24, 2.45) is 4.99 Å². The van der Waals surface area contributed by atoms with Crippen LogP contribution in [-0.4, -0.2) is 38.0 Å². The predicted molar refractivity (Wildman–Crippen MR) is 171 cm³/mol. The minimum Gasteiger partial charge on any atom is -0.495 e. The van der Waals surface area contributed by atoms with E-state index in [0.29, 0.717) is 43.2 Å². The molecule has 12 heteroatoms. The zero-order chi connectivity index (χ0) is 28.4. The fourth-order valence-electron chi connectivity index (χ4n) is 4.28. The minimum atomic E-state index is -0.794. The summed E-state index contributed by atoms with van der Waals surface area (Å²) in [6, 6.07) is 6.69. The number of halogens is 3. The van der Waals surface area contributed by atoms with Gasteiger partial charge in [0.05, 0.1) is 56.4 Å². The van der Waals surface area contributed by atoms with Crippen LogP contribution in [0.3, 0.4) is 0 Å². The third-order valence-electron chi connectivity index (χ3n) is 5.92. The van der Waals surface area contributed by atoms with Crippen LogP contribution in [-0.2, 0) is 9.53 Å². The topological polar surface area (TPSA) is 88.4 Å². The van der Waals surface area contributed by atoms with Crippen LogP contribution in [0.15, 0.2) is 49.8 Å². The summed E-state index contributed by atoms with van der Waals surface area (Å²) in [6.45, 7) is 6.02. The number of allylic oxidation sites excluding steroid dienone is 1. The highest BCUT2D eigenvalue weighted by Gasteiger charge is 2.35. The van der Waals surface area contributed by atoms with Crippen molar-refractivity contribution in [3.8, 4) is 17.2 Å². The third kappa shape index (κ3) is 5.93. The summed E-state index contributed by atoms with van der Waals surface area (Å²) >= 11 is 9.35. The Kier molecular flexibility index (Phi) is 9.81. The first kappa shape index (κ1) is 30.1. The first-order valence-corrected chi connectivity index (χ1v) is 15.6. The first-order chi connectivity index (χ1) is 18.6. The summed E-state index contributed by atoms with van der Waals surface area (Å²) in [5.41, 5.74) is 2.01. The number of carbonyl (C=O) groups excluding carboxylic acids is 1. The molecule has 8 nitrogen and oxygen atoms in total. The van der Waals surface area contributed by atoms with Gasteiger partial charge in [0.25, 0.3) is 5.56 Å². The SMILES string of the molecule is CCOC(=O)C1=C(C)N=c2s/c(=C/c3cc(I)c(OC)c(I)c3)c(=O)n2[C@@H]1c1cc(OC)c(OCC)cc1Br. The van der Waals surface area contributed by atoms with Gasteiger partial charge in [-0.1, -0.05) is 27.3 Å². The molecule has 0 aliphatic carbocycles. The lowest BCUT2D eigenvalue weighted by Gasteiger charge is -2.26. The van der Waals surface area contributed by atoms with Gasteiger partial charge in [0, 0.05) is 4.47 Å². The van der Waals surface area contributed by atoms with Gasteiger partial charge < -0.3 is 18.9 Å². The molecule has 0 unspecified atom stereocenters. The molecule has 39 heavy (non-hydrogen) atoms. The lowest BCUT2D eigenvalue weighted by atomic mass is 9.95. The maximum Gasteiger partial charge on any atom is 0.338 e. The van der Waals surface area contributed by atoms with Gasteiger partial charge in [0.2, 0.25) is 0 Å². The molecule has 0 saturated heterocycles. The summed E-state index contributed by atoms with van der Waals surface area (Å²) in [7, 11) is 3.18. The van der Waals surface area contributed by atoms with E-state index in [1.54, 1.807) is 44.8 Å². The van der Waals surface area contributed by atoms with E-state index < -0.39 is 12.0 Å². The molecule has 206 valence electrons. The van der Waals surface area contributed by atoms with Crippen molar-refractivity contribution in [2.45, 2.75) is 26.8 Å². The lowest BCUT2D eigenvalue weighted by Crippen LogP contribution is -2.40. The summed E-state index contributed by atoms with van der Waals surface area (Å²) in [5, 5.41) is 0. The normalized spacial score (nSPS) is 15.1. The van der Waals surface area contributed by atoms with Crippen LogP contribution in [0.4, 0.5) is 0 Å². The molecule has 4 rings (SSSR count). The van der Waals surface area contributed by atoms with E-state index in [9.17, 15) is 9.59 Å². The standard InChI is InChI=1S/C27H25BrI2N2O6S/c1-6-37-20-12-16(28)15(11-19(20)35-4)23-22(26(34)38-7-2)13(3)31-27-32(23)25(33)21(39-27)10-14-8-17(29)24(36-5)18(30)9-14/h8-12,23H,6-7H2,1-5H3/b21-10+/t23-/m1/s1. The van der Waals surface area contributed by atoms with Crippen LogP contribution in [0.5, 0.6) is 17.2 Å². The number of hydrogen-bond donors (Lipinski definition) is 0. The number of esters is 1. The van der Waals surface area contributed by atoms with Gasteiger partial charge in [0.1, 0.15) is 5.75 Å². The molecular weight excluding hydrogens is 814 g/mol. The van der Waals surface area contributed by atoms with E-state index in [-0.39, 0.29) is 17.7 Å². The van der Waals surface area contributed by atoms with Crippen LogP contribution in [0.1, 0.15) is 37.9 Å². The van der Waals surface area contributed by atoms with Crippen LogP contribution < -0.4 is 29.1 Å². The molecule has 1 aliphatic rings. The number of carbonyl (C=O) groups is 1. The Morgan fingerprint density at radius 3 is 2.38 bits per heavy atom. The fourth-order valence-corrected chi connectivity index (χ4v) is 8.13. The largest absolute Gasteiger partial charge is 0.495 e. The number of fused-ring (bicyclic) bond motifs is 1. The summed E-state index contributed by atoms with van der Waals surface area (Å²) < 4.78 is 26.8. The Bertz CT molecular complexity index is 1640. The van der Waals surface area contributed by atoms with Crippen molar-refractivity contribution in [3.05, 3.63) is 78.0 Å². The fraction of sp³-hybridized carbons (Fsp3) is 0.296. The van der Waals surface area contributed by atoms with Crippen LogP contribution in [0, 0.1) is 7.14 Å². The van der Waals surface area contributed by atoms with Gasteiger partial charge in [-0.2, -0.15) is 0 Å².